The first-order valence-corrected chi connectivity index (χ1v) is 4.53. The molecule has 0 amide bonds. The van der Waals surface area contributed by atoms with E-state index in [2.05, 4.69) is 0 Å². The summed E-state index contributed by atoms with van der Waals surface area (Å²) in [7, 11) is 0. The van der Waals surface area contributed by atoms with Crippen LogP contribution in [0.1, 0.15) is 19.4 Å². The van der Waals surface area contributed by atoms with Crippen LogP contribution in [0, 0.1) is 0 Å². The minimum Gasteiger partial charge on any atom is -0.483 e. The molecule has 0 unspecified atom stereocenters. The van der Waals surface area contributed by atoms with E-state index >= 15 is 0 Å². The number of hydrogen-bond donors (Lipinski definition) is 0. The molecule has 0 aromatic heterocycles. The van der Waals surface area contributed by atoms with Crippen molar-refractivity contribution in [1.82, 2.24) is 0 Å². The lowest BCUT2D eigenvalue weighted by atomic mass is 10.0. The molecule has 1 aromatic carbocycles. The number of benzene rings is 1. The van der Waals surface area contributed by atoms with Gasteiger partial charge in [0.25, 0.3) is 6.47 Å². The van der Waals surface area contributed by atoms with Crippen molar-refractivity contribution in [3.63, 3.8) is 0 Å². The highest BCUT2D eigenvalue weighted by atomic mass is 16.6. The van der Waals surface area contributed by atoms with E-state index in [1.54, 1.807) is 6.07 Å². The van der Waals surface area contributed by atoms with Gasteiger partial charge in [0.1, 0.15) is 5.60 Å². The summed E-state index contributed by atoms with van der Waals surface area (Å²) in [5, 5.41) is 0. The second kappa shape index (κ2) is 3.01. The summed E-state index contributed by atoms with van der Waals surface area (Å²) in [6.45, 7) is 4.44. The van der Waals surface area contributed by atoms with Crippen molar-refractivity contribution < 1.29 is 14.3 Å². The summed E-state index contributed by atoms with van der Waals surface area (Å²) in [5.74, 6) is 1.20. The molecule has 14 heavy (non-hydrogen) atoms. The van der Waals surface area contributed by atoms with Crippen molar-refractivity contribution >= 4 is 6.47 Å². The Bertz CT molecular complexity index is 369. The van der Waals surface area contributed by atoms with Gasteiger partial charge in [-0.05, 0) is 19.9 Å². The second-order valence-corrected chi connectivity index (χ2v) is 4.00. The first-order valence-electron chi connectivity index (χ1n) is 4.53. The Kier molecular flexibility index (Phi) is 1.95. The Labute approximate surface area is 82.6 Å². The zero-order valence-electron chi connectivity index (χ0n) is 8.24. The van der Waals surface area contributed by atoms with Crippen molar-refractivity contribution in [1.29, 1.82) is 0 Å². The molecule has 1 heterocycles. The smallest absolute Gasteiger partial charge is 0.298 e. The Balaban J connectivity index is 2.41. The van der Waals surface area contributed by atoms with E-state index in [9.17, 15) is 4.79 Å². The standard InChI is InChI=1S/C11H12O3/c1-11(2)6-8-4-3-5-9(13-7-12)10(8)14-11/h3-5,7H,6H2,1-2H3. The zero-order valence-corrected chi connectivity index (χ0v) is 8.24. The number of carbonyl (C=O) groups excluding carboxylic acids is 1. The number of hydrogen-bond acceptors (Lipinski definition) is 3. The summed E-state index contributed by atoms with van der Waals surface area (Å²) in [6.07, 6.45) is 0.846. The van der Waals surface area contributed by atoms with Crippen LogP contribution in [-0.2, 0) is 11.2 Å². The third-order valence-electron chi connectivity index (χ3n) is 2.23. The SMILES string of the molecule is CC1(C)Cc2cccc(OC=O)c2O1. The molecule has 3 nitrogen and oxygen atoms in total. The minimum absolute atomic E-state index is 0.204. The zero-order chi connectivity index (χ0) is 10.2. The van der Waals surface area contributed by atoms with E-state index in [1.165, 1.54) is 0 Å². The molecule has 0 spiro atoms. The van der Waals surface area contributed by atoms with Crippen LogP contribution >= 0.6 is 0 Å². The number of carbonyl (C=O) groups is 1. The minimum atomic E-state index is -0.204. The lowest BCUT2D eigenvalue weighted by Gasteiger charge is -2.17. The van der Waals surface area contributed by atoms with Gasteiger partial charge in [-0.15, -0.1) is 0 Å². The molecule has 0 atom stereocenters. The largest absolute Gasteiger partial charge is 0.483 e. The average Bonchev–Trinajstić information content (AvgIpc) is 2.41. The molecule has 3 heteroatoms. The molecule has 1 aromatic rings. The van der Waals surface area contributed by atoms with E-state index in [-0.39, 0.29) is 5.60 Å². The van der Waals surface area contributed by atoms with Crippen LogP contribution in [0.4, 0.5) is 0 Å². The van der Waals surface area contributed by atoms with Crippen LogP contribution in [0.5, 0.6) is 11.5 Å². The van der Waals surface area contributed by atoms with Gasteiger partial charge in [0, 0.05) is 12.0 Å². The van der Waals surface area contributed by atoms with Crippen LogP contribution in [0.3, 0.4) is 0 Å². The van der Waals surface area contributed by atoms with Crippen LogP contribution in [0.15, 0.2) is 18.2 Å². The molecule has 74 valence electrons. The van der Waals surface area contributed by atoms with Gasteiger partial charge in [0.2, 0.25) is 0 Å². The highest BCUT2D eigenvalue weighted by Crippen LogP contribution is 2.41. The fourth-order valence-electron chi connectivity index (χ4n) is 1.73. The summed E-state index contributed by atoms with van der Waals surface area (Å²) in [5.41, 5.74) is 0.888. The number of fused-ring (bicyclic) bond motifs is 1. The van der Waals surface area contributed by atoms with Crippen molar-refractivity contribution in [3.05, 3.63) is 23.8 Å². The van der Waals surface area contributed by atoms with Crippen molar-refractivity contribution in [3.8, 4) is 11.5 Å². The highest BCUT2D eigenvalue weighted by molar-refractivity contribution is 5.55. The van der Waals surface area contributed by atoms with Crippen molar-refractivity contribution in [2.45, 2.75) is 25.9 Å². The first kappa shape index (κ1) is 9.06. The average molecular weight is 192 g/mol. The predicted octanol–water partition coefficient (Wildman–Crippen LogP) is 1.94. The van der Waals surface area contributed by atoms with Crippen LogP contribution in [0.25, 0.3) is 0 Å². The van der Waals surface area contributed by atoms with Crippen LogP contribution in [-0.4, -0.2) is 12.1 Å². The monoisotopic (exact) mass is 192 g/mol. The van der Waals surface area contributed by atoms with Crippen LogP contribution < -0.4 is 9.47 Å². The Morgan fingerprint density at radius 1 is 1.50 bits per heavy atom. The third kappa shape index (κ3) is 1.45. The maximum absolute atomic E-state index is 10.3. The molecular formula is C11H12O3. The van der Waals surface area contributed by atoms with E-state index < -0.39 is 0 Å². The molecule has 0 bridgehead atoms. The lowest BCUT2D eigenvalue weighted by molar-refractivity contribution is -0.120. The van der Waals surface area contributed by atoms with E-state index in [0.717, 1.165) is 12.0 Å². The molecular weight excluding hydrogens is 180 g/mol. The van der Waals surface area contributed by atoms with Gasteiger partial charge in [0.05, 0.1) is 0 Å². The summed E-state index contributed by atoms with van der Waals surface area (Å²) in [6, 6.07) is 5.58. The second-order valence-electron chi connectivity index (χ2n) is 4.00. The fourth-order valence-corrected chi connectivity index (χ4v) is 1.73. The van der Waals surface area contributed by atoms with Gasteiger partial charge in [-0.25, -0.2) is 0 Å². The van der Waals surface area contributed by atoms with E-state index in [0.29, 0.717) is 18.0 Å². The summed E-state index contributed by atoms with van der Waals surface area (Å²) < 4.78 is 10.5. The lowest BCUT2D eigenvalue weighted by Crippen LogP contribution is -2.24. The number of rotatable bonds is 2. The van der Waals surface area contributed by atoms with Gasteiger partial charge in [0.15, 0.2) is 11.5 Å². The Hall–Kier alpha value is -1.51. The van der Waals surface area contributed by atoms with E-state index in [4.69, 9.17) is 9.47 Å². The van der Waals surface area contributed by atoms with Gasteiger partial charge in [-0.1, -0.05) is 12.1 Å². The molecule has 0 saturated carbocycles. The molecule has 2 rings (SSSR count). The molecule has 0 radical (unpaired) electrons. The maximum Gasteiger partial charge on any atom is 0.298 e. The molecule has 0 saturated heterocycles. The summed E-state index contributed by atoms with van der Waals surface area (Å²) in [4.78, 5) is 10.3. The predicted molar refractivity (Wildman–Crippen MR) is 51.5 cm³/mol. The van der Waals surface area contributed by atoms with Crippen LogP contribution in [0.2, 0.25) is 0 Å². The van der Waals surface area contributed by atoms with E-state index in [1.807, 2.05) is 26.0 Å². The first-order chi connectivity index (χ1) is 6.62. The highest BCUT2D eigenvalue weighted by Gasteiger charge is 2.32. The molecule has 1 aliphatic rings. The number of ether oxygens (including phenoxy) is 2. The molecule has 0 fully saturated rings. The normalized spacial score (nSPS) is 17.0. The van der Waals surface area contributed by atoms with Gasteiger partial charge >= 0.3 is 0 Å². The third-order valence-corrected chi connectivity index (χ3v) is 2.23. The molecule has 0 aliphatic carbocycles. The van der Waals surface area contributed by atoms with Gasteiger partial charge in [-0.3, -0.25) is 4.79 Å². The fraction of sp³-hybridized carbons (Fsp3) is 0.364. The topological polar surface area (TPSA) is 35.5 Å². The Morgan fingerprint density at radius 2 is 2.29 bits per heavy atom. The quantitative estimate of drug-likeness (QED) is 0.672. The van der Waals surface area contributed by atoms with Gasteiger partial charge < -0.3 is 9.47 Å². The summed E-state index contributed by atoms with van der Waals surface area (Å²) >= 11 is 0. The molecule has 1 aliphatic heterocycles. The number of para-hydroxylation sites is 1. The maximum atomic E-state index is 10.3. The molecule has 0 N–H and O–H groups in total. The van der Waals surface area contributed by atoms with Crippen molar-refractivity contribution in [2.75, 3.05) is 0 Å². The van der Waals surface area contributed by atoms with Gasteiger partial charge in [-0.2, -0.15) is 0 Å². The Morgan fingerprint density at radius 3 is 3.00 bits per heavy atom. The van der Waals surface area contributed by atoms with Crippen molar-refractivity contribution in [2.24, 2.45) is 0 Å².